The van der Waals surface area contributed by atoms with Crippen molar-refractivity contribution in [3.63, 3.8) is 0 Å². The second kappa shape index (κ2) is 3.49. The van der Waals surface area contributed by atoms with Gasteiger partial charge in [-0.2, -0.15) is 0 Å². The Morgan fingerprint density at radius 2 is 1.88 bits per heavy atom. The molecule has 0 bridgehead atoms. The van der Waals surface area contributed by atoms with Crippen LogP contribution in [0.15, 0.2) is 53.3 Å². The summed E-state index contributed by atoms with van der Waals surface area (Å²) >= 11 is 0. The molecule has 2 aromatic carbocycles. The van der Waals surface area contributed by atoms with Gasteiger partial charge in [0, 0.05) is 0 Å². The van der Waals surface area contributed by atoms with Crippen LogP contribution >= 0.6 is 0 Å². The fraction of sp³-hybridized carbons (Fsp3) is 0.0714. The van der Waals surface area contributed by atoms with Gasteiger partial charge in [0.25, 0.3) is 0 Å². The number of aryl methyl sites for hydroxylation is 1. The number of hydrogen-bond donors (Lipinski definition) is 0. The van der Waals surface area contributed by atoms with Crippen LogP contribution in [0.25, 0.3) is 22.2 Å². The summed E-state index contributed by atoms with van der Waals surface area (Å²) in [5.74, 6) is 0. The minimum Gasteiger partial charge on any atom is -0.443 e. The molecule has 0 aliphatic heterocycles. The second-order valence-corrected chi connectivity index (χ2v) is 3.85. The summed E-state index contributed by atoms with van der Waals surface area (Å²) < 4.78 is 5.32. The lowest BCUT2D eigenvalue weighted by molar-refractivity contribution is 0.602. The smallest absolute Gasteiger partial charge is 0.181 e. The van der Waals surface area contributed by atoms with Crippen molar-refractivity contribution in [3.05, 3.63) is 54.4 Å². The maximum atomic E-state index is 5.32. The van der Waals surface area contributed by atoms with Gasteiger partial charge in [0.05, 0.1) is 0 Å². The van der Waals surface area contributed by atoms with E-state index in [1.54, 1.807) is 0 Å². The Hall–Kier alpha value is -2.09. The lowest BCUT2D eigenvalue weighted by atomic mass is 10.0. The van der Waals surface area contributed by atoms with Crippen LogP contribution in [0.5, 0.6) is 0 Å². The van der Waals surface area contributed by atoms with E-state index < -0.39 is 0 Å². The van der Waals surface area contributed by atoms with Crippen molar-refractivity contribution in [1.82, 2.24) is 4.98 Å². The lowest BCUT2D eigenvalue weighted by Crippen LogP contribution is -1.83. The van der Waals surface area contributed by atoms with Crippen molar-refractivity contribution in [2.75, 3.05) is 0 Å². The van der Waals surface area contributed by atoms with Gasteiger partial charge < -0.3 is 4.42 Å². The first kappa shape index (κ1) is 9.16. The van der Waals surface area contributed by atoms with E-state index >= 15 is 0 Å². The molecule has 0 radical (unpaired) electrons. The van der Waals surface area contributed by atoms with E-state index in [1.807, 2.05) is 24.3 Å². The molecule has 1 aromatic heterocycles. The average molecular weight is 209 g/mol. The zero-order chi connectivity index (χ0) is 11.0. The van der Waals surface area contributed by atoms with Crippen LogP contribution in [0.3, 0.4) is 0 Å². The number of oxazole rings is 1. The molecule has 2 heteroatoms. The van der Waals surface area contributed by atoms with Crippen LogP contribution in [0.2, 0.25) is 0 Å². The SMILES string of the molecule is Cc1cc2ncoc2cc1-c1ccccc1. The van der Waals surface area contributed by atoms with Crippen molar-refractivity contribution < 1.29 is 4.42 Å². The normalized spacial score (nSPS) is 10.8. The molecule has 0 N–H and O–H groups in total. The van der Waals surface area contributed by atoms with E-state index in [1.165, 1.54) is 23.1 Å². The lowest BCUT2D eigenvalue weighted by Gasteiger charge is -2.05. The molecule has 0 amide bonds. The molecule has 78 valence electrons. The van der Waals surface area contributed by atoms with Gasteiger partial charge in [0.15, 0.2) is 12.0 Å². The Labute approximate surface area is 93.5 Å². The van der Waals surface area contributed by atoms with E-state index in [9.17, 15) is 0 Å². The summed E-state index contributed by atoms with van der Waals surface area (Å²) in [4.78, 5) is 4.15. The minimum absolute atomic E-state index is 0.837. The number of aromatic nitrogens is 1. The number of fused-ring (bicyclic) bond motifs is 1. The van der Waals surface area contributed by atoms with Crippen LogP contribution in [-0.2, 0) is 0 Å². The second-order valence-electron chi connectivity index (χ2n) is 3.85. The van der Waals surface area contributed by atoms with Crippen LogP contribution in [-0.4, -0.2) is 4.98 Å². The summed E-state index contributed by atoms with van der Waals surface area (Å²) in [5.41, 5.74) is 5.37. The highest BCUT2D eigenvalue weighted by molar-refractivity contribution is 5.82. The van der Waals surface area contributed by atoms with Crippen molar-refractivity contribution in [1.29, 1.82) is 0 Å². The van der Waals surface area contributed by atoms with Gasteiger partial charge >= 0.3 is 0 Å². The summed E-state index contributed by atoms with van der Waals surface area (Å²) in [6.45, 7) is 2.09. The predicted octanol–water partition coefficient (Wildman–Crippen LogP) is 3.80. The molecule has 16 heavy (non-hydrogen) atoms. The Morgan fingerprint density at radius 3 is 2.69 bits per heavy atom. The Balaban J connectivity index is 2.27. The molecule has 0 spiro atoms. The highest BCUT2D eigenvalue weighted by Gasteiger charge is 2.06. The highest BCUT2D eigenvalue weighted by atomic mass is 16.3. The molecule has 2 nitrogen and oxygen atoms in total. The standard InChI is InChI=1S/C14H11NO/c1-10-7-13-14(16-9-15-13)8-12(10)11-5-3-2-4-6-11/h2-9H,1H3. The third-order valence-electron chi connectivity index (χ3n) is 2.76. The largest absolute Gasteiger partial charge is 0.443 e. The maximum Gasteiger partial charge on any atom is 0.181 e. The molecule has 0 atom stereocenters. The van der Waals surface area contributed by atoms with Crippen molar-refractivity contribution in [2.24, 2.45) is 0 Å². The molecule has 0 saturated carbocycles. The van der Waals surface area contributed by atoms with Crippen LogP contribution < -0.4 is 0 Å². The first-order chi connectivity index (χ1) is 7.84. The molecular weight excluding hydrogens is 198 g/mol. The average Bonchev–Trinajstić information content (AvgIpc) is 2.76. The number of hydrogen-bond acceptors (Lipinski definition) is 2. The Morgan fingerprint density at radius 1 is 1.06 bits per heavy atom. The topological polar surface area (TPSA) is 26.0 Å². The van der Waals surface area contributed by atoms with Gasteiger partial charge in [0.2, 0.25) is 0 Å². The van der Waals surface area contributed by atoms with Crippen LogP contribution in [0, 0.1) is 6.92 Å². The first-order valence-electron chi connectivity index (χ1n) is 5.24. The van der Waals surface area contributed by atoms with E-state index in [-0.39, 0.29) is 0 Å². The van der Waals surface area contributed by atoms with Crippen molar-refractivity contribution >= 4 is 11.1 Å². The van der Waals surface area contributed by atoms with Crippen LogP contribution in [0.1, 0.15) is 5.56 Å². The molecule has 0 aliphatic carbocycles. The van der Waals surface area contributed by atoms with E-state index in [0.29, 0.717) is 0 Å². The third-order valence-corrected chi connectivity index (χ3v) is 2.76. The predicted molar refractivity (Wildman–Crippen MR) is 64.2 cm³/mol. The van der Waals surface area contributed by atoms with E-state index in [2.05, 4.69) is 30.1 Å². The number of rotatable bonds is 1. The fourth-order valence-electron chi connectivity index (χ4n) is 1.94. The van der Waals surface area contributed by atoms with Gasteiger partial charge in [0.1, 0.15) is 5.52 Å². The molecule has 0 fully saturated rings. The molecular formula is C14H11NO. The number of benzene rings is 2. The number of nitrogens with zero attached hydrogens (tertiary/aromatic N) is 1. The zero-order valence-electron chi connectivity index (χ0n) is 8.97. The summed E-state index contributed by atoms with van der Waals surface area (Å²) in [6, 6.07) is 14.4. The maximum absolute atomic E-state index is 5.32. The fourth-order valence-corrected chi connectivity index (χ4v) is 1.94. The Bertz CT molecular complexity index is 626. The van der Waals surface area contributed by atoms with E-state index in [0.717, 1.165) is 11.1 Å². The molecule has 3 rings (SSSR count). The van der Waals surface area contributed by atoms with E-state index in [4.69, 9.17) is 4.42 Å². The molecule has 1 heterocycles. The quantitative estimate of drug-likeness (QED) is 0.609. The summed E-state index contributed by atoms with van der Waals surface area (Å²) in [7, 11) is 0. The van der Waals surface area contributed by atoms with Crippen molar-refractivity contribution in [3.8, 4) is 11.1 Å². The van der Waals surface area contributed by atoms with Gasteiger partial charge in [-0.3, -0.25) is 0 Å². The zero-order valence-corrected chi connectivity index (χ0v) is 8.97. The van der Waals surface area contributed by atoms with Gasteiger partial charge in [-0.1, -0.05) is 30.3 Å². The van der Waals surface area contributed by atoms with Gasteiger partial charge in [-0.05, 0) is 35.7 Å². The van der Waals surface area contributed by atoms with Gasteiger partial charge in [-0.25, -0.2) is 4.98 Å². The Kier molecular flexibility index (Phi) is 2.00. The summed E-state index contributed by atoms with van der Waals surface area (Å²) in [5, 5.41) is 0. The molecule has 0 saturated heterocycles. The molecule has 0 aliphatic rings. The first-order valence-corrected chi connectivity index (χ1v) is 5.24. The van der Waals surface area contributed by atoms with Gasteiger partial charge in [-0.15, -0.1) is 0 Å². The molecule has 0 unspecified atom stereocenters. The summed E-state index contributed by atoms with van der Waals surface area (Å²) in [6.07, 6.45) is 1.48. The van der Waals surface area contributed by atoms with Crippen LogP contribution in [0.4, 0.5) is 0 Å². The molecule has 3 aromatic rings. The van der Waals surface area contributed by atoms with Crippen molar-refractivity contribution in [2.45, 2.75) is 6.92 Å². The minimum atomic E-state index is 0.837. The third kappa shape index (κ3) is 1.39. The highest BCUT2D eigenvalue weighted by Crippen LogP contribution is 2.27. The monoisotopic (exact) mass is 209 g/mol.